The van der Waals surface area contributed by atoms with Gasteiger partial charge in [0, 0.05) is 18.3 Å². The van der Waals surface area contributed by atoms with E-state index in [0.29, 0.717) is 12.6 Å². The summed E-state index contributed by atoms with van der Waals surface area (Å²) in [6.45, 7) is 4.42. The molecule has 1 aromatic heterocycles. The first-order chi connectivity index (χ1) is 6.72. The molecule has 78 valence electrons. The van der Waals surface area contributed by atoms with Crippen molar-refractivity contribution in [3.63, 3.8) is 0 Å². The van der Waals surface area contributed by atoms with Gasteiger partial charge in [0.25, 0.3) is 0 Å². The van der Waals surface area contributed by atoms with Gasteiger partial charge in [-0.15, -0.1) is 0 Å². The summed E-state index contributed by atoms with van der Waals surface area (Å²) >= 11 is 0. The van der Waals surface area contributed by atoms with Crippen LogP contribution in [0, 0.1) is 0 Å². The van der Waals surface area contributed by atoms with Gasteiger partial charge < -0.3 is 15.2 Å². The maximum atomic E-state index is 8.59. The van der Waals surface area contributed by atoms with Crippen molar-refractivity contribution in [1.82, 2.24) is 4.98 Å². The third-order valence-electron chi connectivity index (χ3n) is 1.53. The summed E-state index contributed by atoms with van der Waals surface area (Å²) in [5, 5.41) is 11.8. The Morgan fingerprint density at radius 2 is 2.36 bits per heavy atom. The molecule has 0 aliphatic rings. The molecule has 14 heavy (non-hydrogen) atoms. The first-order valence-electron chi connectivity index (χ1n) is 4.68. The predicted octanol–water partition coefficient (Wildman–Crippen LogP) is 1.27. The summed E-state index contributed by atoms with van der Waals surface area (Å²) in [6, 6.07) is 3.92. The number of ether oxygens (including phenoxy) is 1. The molecule has 1 aromatic rings. The fraction of sp³-hybridized carbons (Fsp3) is 0.500. The molecule has 0 spiro atoms. The Kier molecular flexibility index (Phi) is 4.19. The van der Waals surface area contributed by atoms with Crippen LogP contribution in [-0.4, -0.2) is 29.3 Å². The van der Waals surface area contributed by atoms with Crippen molar-refractivity contribution in [3.05, 3.63) is 18.3 Å². The predicted molar refractivity (Wildman–Crippen MR) is 55.6 cm³/mol. The van der Waals surface area contributed by atoms with Gasteiger partial charge in [0.2, 0.25) is 0 Å². The number of aliphatic hydroxyl groups is 1. The van der Waals surface area contributed by atoms with Crippen molar-refractivity contribution in [2.75, 3.05) is 18.5 Å². The van der Waals surface area contributed by atoms with E-state index in [1.807, 2.05) is 19.9 Å². The molecule has 1 rings (SSSR count). The van der Waals surface area contributed by atoms with Crippen LogP contribution in [0.1, 0.15) is 13.8 Å². The molecule has 0 saturated heterocycles. The van der Waals surface area contributed by atoms with E-state index in [4.69, 9.17) is 9.84 Å². The maximum Gasteiger partial charge on any atom is 0.129 e. The monoisotopic (exact) mass is 196 g/mol. The summed E-state index contributed by atoms with van der Waals surface area (Å²) in [5.74, 6) is 1.51. The van der Waals surface area contributed by atoms with Crippen LogP contribution < -0.4 is 10.1 Å². The van der Waals surface area contributed by atoms with E-state index in [-0.39, 0.29) is 6.61 Å². The summed E-state index contributed by atoms with van der Waals surface area (Å²) in [5.41, 5.74) is 0. The Morgan fingerprint density at radius 3 is 3.00 bits per heavy atom. The van der Waals surface area contributed by atoms with Crippen LogP contribution in [-0.2, 0) is 0 Å². The molecule has 4 nitrogen and oxygen atoms in total. The molecule has 0 radical (unpaired) electrons. The molecule has 0 fully saturated rings. The number of anilines is 1. The summed E-state index contributed by atoms with van der Waals surface area (Å²) in [4.78, 5) is 4.13. The molecule has 0 amide bonds. The number of hydrogen-bond acceptors (Lipinski definition) is 4. The third kappa shape index (κ3) is 3.62. The minimum absolute atomic E-state index is 0.0231. The van der Waals surface area contributed by atoms with Gasteiger partial charge in [-0.2, -0.15) is 0 Å². The average molecular weight is 196 g/mol. The smallest absolute Gasteiger partial charge is 0.129 e. The summed E-state index contributed by atoms with van der Waals surface area (Å²) in [6.07, 6.45) is 1.68. The zero-order chi connectivity index (χ0) is 10.4. The Hall–Kier alpha value is -1.29. The quantitative estimate of drug-likeness (QED) is 0.744. The lowest BCUT2D eigenvalue weighted by molar-refractivity contribution is 0.201. The van der Waals surface area contributed by atoms with Crippen molar-refractivity contribution < 1.29 is 9.84 Å². The molecule has 0 saturated carbocycles. The minimum Gasteiger partial charge on any atom is -0.491 e. The van der Waals surface area contributed by atoms with E-state index in [0.717, 1.165) is 11.6 Å². The Morgan fingerprint density at radius 1 is 1.57 bits per heavy atom. The highest BCUT2D eigenvalue weighted by molar-refractivity contribution is 5.41. The first-order valence-corrected chi connectivity index (χ1v) is 4.68. The molecule has 0 atom stereocenters. The summed E-state index contributed by atoms with van der Waals surface area (Å²) in [7, 11) is 0. The van der Waals surface area contributed by atoms with Crippen molar-refractivity contribution in [3.8, 4) is 5.75 Å². The molecule has 2 N–H and O–H groups in total. The highest BCUT2D eigenvalue weighted by atomic mass is 16.5. The van der Waals surface area contributed by atoms with Gasteiger partial charge in [0.05, 0.1) is 6.61 Å². The van der Waals surface area contributed by atoms with Crippen LogP contribution in [0.5, 0.6) is 5.75 Å². The van der Waals surface area contributed by atoms with Crippen LogP contribution in [0.15, 0.2) is 18.3 Å². The molecule has 4 heteroatoms. The lowest BCUT2D eigenvalue weighted by atomic mass is 10.3. The van der Waals surface area contributed by atoms with Crippen LogP contribution in [0.4, 0.5) is 5.82 Å². The van der Waals surface area contributed by atoms with Gasteiger partial charge in [-0.05, 0) is 19.9 Å². The zero-order valence-electron chi connectivity index (χ0n) is 8.53. The van der Waals surface area contributed by atoms with E-state index < -0.39 is 0 Å². The van der Waals surface area contributed by atoms with Crippen LogP contribution in [0.25, 0.3) is 0 Å². The van der Waals surface area contributed by atoms with Crippen molar-refractivity contribution >= 4 is 5.82 Å². The van der Waals surface area contributed by atoms with E-state index in [2.05, 4.69) is 10.3 Å². The lowest BCUT2D eigenvalue weighted by Crippen LogP contribution is -2.11. The fourth-order valence-corrected chi connectivity index (χ4v) is 1.04. The number of rotatable bonds is 5. The highest BCUT2D eigenvalue weighted by Crippen LogP contribution is 2.14. The molecule has 0 aliphatic heterocycles. The normalized spacial score (nSPS) is 10.3. The number of nitrogens with one attached hydrogen (secondary N) is 1. The molecule has 0 unspecified atom stereocenters. The lowest BCUT2D eigenvalue weighted by Gasteiger charge is -2.10. The second-order valence-corrected chi connectivity index (χ2v) is 3.25. The van der Waals surface area contributed by atoms with Crippen LogP contribution in [0.3, 0.4) is 0 Å². The largest absolute Gasteiger partial charge is 0.491 e. The maximum absolute atomic E-state index is 8.59. The molecule has 0 aliphatic carbocycles. The van der Waals surface area contributed by atoms with Crippen molar-refractivity contribution in [2.24, 2.45) is 0 Å². The number of hydrogen-bond donors (Lipinski definition) is 2. The standard InChI is InChI=1S/C10H16N2O2/c1-8(2)12-10-7-9(3-4-11-10)14-6-5-13/h3-4,7-8,13H,5-6H2,1-2H3,(H,11,12). The van der Waals surface area contributed by atoms with Gasteiger partial charge in [0.15, 0.2) is 0 Å². The second-order valence-electron chi connectivity index (χ2n) is 3.25. The molecule has 0 bridgehead atoms. The molecular formula is C10H16N2O2. The van der Waals surface area contributed by atoms with Gasteiger partial charge >= 0.3 is 0 Å². The van der Waals surface area contributed by atoms with E-state index in [1.165, 1.54) is 0 Å². The van der Waals surface area contributed by atoms with Crippen LogP contribution >= 0.6 is 0 Å². The van der Waals surface area contributed by atoms with Gasteiger partial charge in [-0.25, -0.2) is 4.98 Å². The molecular weight excluding hydrogens is 180 g/mol. The first kappa shape index (κ1) is 10.8. The zero-order valence-corrected chi connectivity index (χ0v) is 8.53. The molecule has 1 heterocycles. The van der Waals surface area contributed by atoms with Crippen molar-refractivity contribution in [1.29, 1.82) is 0 Å². The van der Waals surface area contributed by atoms with E-state index in [1.54, 1.807) is 12.3 Å². The van der Waals surface area contributed by atoms with E-state index in [9.17, 15) is 0 Å². The number of pyridine rings is 1. The average Bonchev–Trinajstić information content (AvgIpc) is 2.14. The third-order valence-corrected chi connectivity index (χ3v) is 1.53. The molecule has 0 aromatic carbocycles. The minimum atomic E-state index is 0.0231. The van der Waals surface area contributed by atoms with Gasteiger partial charge in [-0.3, -0.25) is 0 Å². The van der Waals surface area contributed by atoms with Crippen LogP contribution in [0.2, 0.25) is 0 Å². The number of aliphatic hydroxyl groups excluding tert-OH is 1. The Labute approximate surface area is 83.9 Å². The van der Waals surface area contributed by atoms with Crippen molar-refractivity contribution in [2.45, 2.75) is 19.9 Å². The Balaban J connectivity index is 2.59. The SMILES string of the molecule is CC(C)Nc1cc(OCCO)ccn1. The fourth-order valence-electron chi connectivity index (χ4n) is 1.04. The second kappa shape index (κ2) is 5.44. The van der Waals surface area contributed by atoms with Gasteiger partial charge in [0.1, 0.15) is 18.2 Å². The Bertz CT molecular complexity index is 277. The van der Waals surface area contributed by atoms with Gasteiger partial charge in [-0.1, -0.05) is 0 Å². The topological polar surface area (TPSA) is 54.4 Å². The number of aromatic nitrogens is 1. The number of nitrogens with zero attached hydrogens (tertiary/aromatic N) is 1. The van der Waals surface area contributed by atoms with E-state index >= 15 is 0 Å². The highest BCUT2D eigenvalue weighted by Gasteiger charge is 1.99. The summed E-state index contributed by atoms with van der Waals surface area (Å²) < 4.78 is 5.25.